The average Bonchev–Trinajstić information content (AvgIpc) is 3.05. The highest BCUT2D eigenvalue weighted by Crippen LogP contribution is 2.41. The van der Waals surface area contributed by atoms with Crippen molar-refractivity contribution in [2.24, 2.45) is 5.92 Å². The molecule has 2 aromatic rings. The largest absolute Gasteiger partial charge is 0.399 e. The Kier molecular flexibility index (Phi) is 2.35. The van der Waals surface area contributed by atoms with Crippen molar-refractivity contribution < 1.29 is 4.52 Å². The quantitative estimate of drug-likeness (QED) is 0.822. The van der Waals surface area contributed by atoms with E-state index in [4.69, 9.17) is 10.3 Å². The molecule has 1 aliphatic rings. The molecule has 0 bridgehead atoms. The van der Waals surface area contributed by atoms with E-state index < -0.39 is 0 Å². The zero-order valence-electron chi connectivity index (χ0n) is 9.76. The molecule has 3 rings (SSSR count). The molecular formula is C13H15N3O. The fraction of sp³-hybridized carbons (Fsp3) is 0.385. The number of benzene rings is 1. The van der Waals surface area contributed by atoms with E-state index in [1.165, 1.54) is 12.8 Å². The lowest BCUT2D eigenvalue weighted by atomic mass is 10.1. The smallest absolute Gasteiger partial charge is 0.230 e. The Morgan fingerprint density at radius 1 is 1.41 bits per heavy atom. The van der Waals surface area contributed by atoms with Crippen molar-refractivity contribution in [2.45, 2.75) is 25.7 Å². The van der Waals surface area contributed by atoms with Crippen LogP contribution in [0.25, 0.3) is 11.4 Å². The van der Waals surface area contributed by atoms with Crippen LogP contribution >= 0.6 is 0 Å². The number of nitrogens with two attached hydrogens (primary N) is 1. The summed E-state index contributed by atoms with van der Waals surface area (Å²) in [6.45, 7) is 2.15. The van der Waals surface area contributed by atoms with Gasteiger partial charge in [0.15, 0.2) is 0 Å². The number of nitrogen functional groups attached to an aromatic ring is 1. The summed E-state index contributed by atoms with van der Waals surface area (Å²) < 4.78 is 5.32. The Bertz CT molecular complexity index is 531. The van der Waals surface area contributed by atoms with Crippen molar-refractivity contribution in [1.29, 1.82) is 0 Å². The van der Waals surface area contributed by atoms with Crippen molar-refractivity contribution in [1.82, 2.24) is 10.1 Å². The Labute approximate surface area is 99.8 Å². The molecule has 2 N–H and O–H groups in total. The molecule has 1 aromatic carbocycles. The molecule has 0 aliphatic heterocycles. The molecule has 0 saturated heterocycles. The van der Waals surface area contributed by atoms with E-state index in [0.29, 0.717) is 17.4 Å². The van der Waals surface area contributed by atoms with E-state index in [2.05, 4.69) is 17.1 Å². The summed E-state index contributed by atoms with van der Waals surface area (Å²) in [6.07, 6.45) is 2.55. The van der Waals surface area contributed by atoms with Gasteiger partial charge >= 0.3 is 0 Å². The first kappa shape index (κ1) is 10.3. The Morgan fingerprint density at radius 3 is 2.94 bits per heavy atom. The molecule has 1 heterocycles. The average molecular weight is 229 g/mol. The lowest BCUT2D eigenvalue weighted by Gasteiger charge is -2.01. The Morgan fingerprint density at radius 2 is 2.24 bits per heavy atom. The number of nitrogens with zero attached hydrogens (tertiary/aromatic N) is 2. The second-order valence-electron chi connectivity index (χ2n) is 4.71. The van der Waals surface area contributed by atoms with Gasteiger partial charge < -0.3 is 10.3 Å². The first-order valence-corrected chi connectivity index (χ1v) is 5.93. The Hall–Kier alpha value is -1.84. The zero-order valence-corrected chi connectivity index (χ0v) is 9.76. The van der Waals surface area contributed by atoms with E-state index in [9.17, 15) is 0 Å². The fourth-order valence-corrected chi connectivity index (χ4v) is 2.01. The van der Waals surface area contributed by atoms with Gasteiger partial charge in [0.05, 0.1) is 0 Å². The van der Waals surface area contributed by atoms with Gasteiger partial charge in [0.2, 0.25) is 11.7 Å². The van der Waals surface area contributed by atoms with Crippen LogP contribution in [0.1, 0.15) is 31.6 Å². The van der Waals surface area contributed by atoms with E-state index in [1.807, 2.05) is 24.3 Å². The summed E-state index contributed by atoms with van der Waals surface area (Å²) in [4.78, 5) is 4.45. The highest BCUT2D eigenvalue weighted by Gasteiger charge is 2.32. The third-order valence-electron chi connectivity index (χ3n) is 3.31. The summed E-state index contributed by atoms with van der Waals surface area (Å²) in [5, 5.41) is 4.02. The monoisotopic (exact) mass is 229 g/mol. The topological polar surface area (TPSA) is 64.9 Å². The van der Waals surface area contributed by atoms with Crippen molar-refractivity contribution in [3.05, 3.63) is 30.2 Å². The highest BCUT2D eigenvalue weighted by molar-refractivity contribution is 5.60. The predicted octanol–water partition coefficient (Wildman–Crippen LogP) is 2.83. The molecular weight excluding hydrogens is 214 g/mol. The van der Waals surface area contributed by atoms with Crippen LogP contribution in [0.5, 0.6) is 0 Å². The van der Waals surface area contributed by atoms with Crippen LogP contribution in [0.3, 0.4) is 0 Å². The minimum absolute atomic E-state index is 0.373. The molecule has 0 spiro atoms. The van der Waals surface area contributed by atoms with Crippen molar-refractivity contribution in [3.8, 4) is 11.4 Å². The minimum atomic E-state index is 0.373. The lowest BCUT2D eigenvalue weighted by molar-refractivity contribution is 0.349. The maximum Gasteiger partial charge on any atom is 0.230 e. The van der Waals surface area contributed by atoms with Gasteiger partial charge in [0.25, 0.3) is 0 Å². The van der Waals surface area contributed by atoms with Gasteiger partial charge in [-0.25, -0.2) is 0 Å². The van der Waals surface area contributed by atoms with Gasteiger partial charge in [0, 0.05) is 17.2 Å². The first-order valence-electron chi connectivity index (χ1n) is 5.93. The Balaban J connectivity index is 1.89. The van der Waals surface area contributed by atoms with Crippen LogP contribution in [0.4, 0.5) is 5.69 Å². The molecule has 4 nitrogen and oxygen atoms in total. The van der Waals surface area contributed by atoms with E-state index in [0.717, 1.165) is 17.4 Å². The molecule has 17 heavy (non-hydrogen) atoms. The van der Waals surface area contributed by atoms with Gasteiger partial charge in [-0.15, -0.1) is 0 Å². The molecule has 1 unspecified atom stereocenters. The normalized spacial score (nSPS) is 17.0. The number of aromatic nitrogens is 2. The van der Waals surface area contributed by atoms with Crippen LogP contribution < -0.4 is 5.73 Å². The van der Waals surface area contributed by atoms with Crippen LogP contribution in [0.2, 0.25) is 0 Å². The van der Waals surface area contributed by atoms with Crippen LogP contribution in [0.15, 0.2) is 28.8 Å². The molecule has 1 aromatic heterocycles. The van der Waals surface area contributed by atoms with Gasteiger partial charge in [-0.05, 0) is 30.9 Å². The number of rotatable bonds is 3. The zero-order chi connectivity index (χ0) is 11.8. The standard InChI is InChI=1S/C13H15N3O/c1-8(9-5-6-9)13-15-12(16-17-13)10-3-2-4-11(14)7-10/h2-4,7-9H,5-6,14H2,1H3. The van der Waals surface area contributed by atoms with Crippen LogP contribution in [0, 0.1) is 5.92 Å². The molecule has 1 aliphatic carbocycles. The molecule has 1 saturated carbocycles. The van der Waals surface area contributed by atoms with Crippen molar-refractivity contribution in [3.63, 3.8) is 0 Å². The first-order chi connectivity index (χ1) is 8.24. The second kappa shape index (κ2) is 3.87. The lowest BCUT2D eigenvalue weighted by Crippen LogP contribution is -1.95. The molecule has 1 atom stereocenters. The third kappa shape index (κ3) is 2.02. The second-order valence-corrected chi connectivity index (χ2v) is 4.71. The van der Waals surface area contributed by atoms with E-state index in [-0.39, 0.29) is 0 Å². The number of hydrogen-bond donors (Lipinski definition) is 1. The summed E-state index contributed by atoms with van der Waals surface area (Å²) in [5.41, 5.74) is 7.35. The van der Waals surface area contributed by atoms with Crippen molar-refractivity contribution >= 4 is 5.69 Å². The summed E-state index contributed by atoms with van der Waals surface area (Å²) in [6, 6.07) is 7.53. The molecule has 4 heteroatoms. The third-order valence-corrected chi connectivity index (χ3v) is 3.31. The maximum absolute atomic E-state index is 5.73. The van der Waals surface area contributed by atoms with Gasteiger partial charge in [-0.2, -0.15) is 4.98 Å². The predicted molar refractivity (Wildman–Crippen MR) is 65.3 cm³/mol. The molecule has 0 amide bonds. The summed E-state index contributed by atoms with van der Waals surface area (Å²) in [5.74, 6) is 2.46. The maximum atomic E-state index is 5.73. The van der Waals surface area contributed by atoms with E-state index in [1.54, 1.807) is 0 Å². The molecule has 88 valence electrons. The summed E-state index contributed by atoms with van der Waals surface area (Å²) >= 11 is 0. The molecule has 0 radical (unpaired) electrons. The minimum Gasteiger partial charge on any atom is -0.399 e. The molecule has 1 fully saturated rings. The van der Waals surface area contributed by atoms with Crippen LogP contribution in [-0.2, 0) is 0 Å². The fourth-order valence-electron chi connectivity index (χ4n) is 2.01. The van der Waals surface area contributed by atoms with E-state index >= 15 is 0 Å². The van der Waals surface area contributed by atoms with Gasteiger partial charge in [0.1, 0.15) is 0 Å². The van der Waals surface area contributed by atoms with Crippen molar-refractivity contribution in [2.75, 3.05) is 5.73 Å². The van der Waals surface area contributed by atoms with Gasteiger partial charge in [-0.1, -0.05) is 24.2 Å². The highest BCUT2D eigenvalue weighted by atomic mass is 16.5. The van der Waals surface area contributed by atoms with Gasteiger partial charge in [-0.3, -0.25) is 0 Å². The van der Waals surface area contributed by atoms with Crippen LogP contribution in [-0.4, -0.2) is 10.1 Å². The number of anilines is 1. The summed E-state index contributed by atoms with van der Waals surface area (Å²) in [7, 11) is 0. The SMILES string of the molecule is CC(c1nc(-c2cccc(N)c2)no1)C1CC1. The number of hydrogen-bond acceptors (Lipinski definition) is 4.